The minimum absolute atomic E-state index is 0.550. The maximum atomic E-state index is 10.3. The first-order valence-corrected chi connectivity index (χ1v) is 4.70. The monoisotopic (exact) mass is 268 g/mol. The lowest BCUT2D eigenvalue weighted by atomic mass is 10.3. The molecule has 0 aromatic carbocycles. The van der Waals surface area contributed by atoms with Gasteiger partial charge in [-0.25, -0.2) is 0 Å². The van der Waals surface area contributed by atoms with Crippen molar-refractivity contribution in [3.05, 3.63) is 12.2 Å². The van der Waals surface area contributed by atoms with Crippen molar-refractivity contribution in [1.82, 2.24) is 0 Å². The van der Waals surface area contributed by atoms with Gasteiger partial charge in [-0.1, -0.05) is 50.9 Å². The van der Waals surface area contributed by atoms with E-state index < -0.39 is 3.23 Å². The number of alkyl halides is 2. The smallest absolute Gasteiger partial charge is 0.147 e. The Bertz CT molecular complexity index is 130. The predicted molar refractivity (Wildman–Crippen MR) is 50.7 cm³/mol. The molecular formula is C7H10Br2O. The van der Waals surface area contributed by atoms with E-state index in [1.165, 1.54) is 0 Å². The summed E-state index contributed by atoms with van der Waals surface area (Å²) in [5, 5.41) is 0. The molecule has 0 aliphatic heterocycles. The number of allylic oxidation sites excluding steroid dienone is 2. The maximum Gasteiger partial charge on any atom is 0.147 e. The molecule has 0 N–H and O–H groups in total. The van der Waals surface area contributed by atoms with E-state index in [9.17, 15) is 4.79 Å². The highest BCUT2D eigenvalue weighted by Crippen LogP contribution is 2.27. The predicted octanol–water partition coefficient (Wildman–Crippen LogP) is 3.03. The summed E-state index contributed by atoms with van der Waals surface area (Å²) in [5.41, 5.74) is 0. The normalized spacial score (nSPS) is 12.3. The average molecular weight is 270 g/mol. The Balaban J connectivity index is 3.66. The van der Waals surface area contributed by atoms with Crippen LogP contribution in [0.1, 0.15) is 19.8 Å². The molecule has 0 saturated heterocycles. The molecule has 0 rings (SSSR count). The van der Waals surface area contributed by atoms with Crippen LogP contribution in [0, 0.1) is 0 Å². The van der Waals surface area contributed by atoms with Crippen molar-refractivity contribution in [2.45, 2.75) is 23.0 Å². The van der Waals surface area contributed by atoms with Crippen molar-refractivity contribution >= 4 is 38.1 Å². The number of carbonyl (C=O) groups excluding carboxylic acids is 1. The fraction of sp³-hybridized carbons (Fsp3) is 0.571. The molecule has 3 heteroatoms. The van der Waals surface area contributed by atoms with Crippen molar-refractivity contribution in [1.29, 1.82) is 0 Å². The Morgan fingerprint density at radius 3 is 2.40 bits per heavy atom. The van der Waals surface area contributed by atoms with Gasteiger partial charge >= 0.3 is 0 Å². The number of hydrogen-bond donors (Lipinski definition) is 0. The topological polar surface area (TPSA) is 17.1 Å². The fourth-order valence-corrected chi connectivity index (χ4v) is 0.829. The molecule has 0 bridgehead atoms. The number of aldehydes is 1. The molecule has 0 radical (unpaired) electrons. The van der Waals surface area contributed by atoms with Gasteiger partial charge in [0.15, 0.2) is 0 Å². The lowest BCUT2D eigenvalue weighted by Gasteiger charge is -2.07. The second-order valence-corrected chi connectivity index (χ2v) is 5.86. The van der Waals surface area contributed by atoms with E-state index >= 15 is 0 Å². The molecule has 0 aromatic heterocycles. The van der Waals surface area contributed by atoms with E-state index in [4.69, 9.17) is 0 Å². The summed E-state index contributed by atoms with van der Waals surface area (Å²) in [6.07, 6.45) is 6.53. The first kappa shape index (κ1) is 10.4. The Morgan fingerprint density at radius 2 is 2.00 bits per heavy atom. The van der Waals surface area contributed by atoms with Gasteiger partial charge in [-0.15, -0.1) is 0 Å². The zero-order valence-electron chi connectivity index (χ0n) is 5.81. The van der Waals surface area contributed by atoms with Crippen molar-refractivity contribution in [2.24, 2.45) is 0 Å². The lowest BCUT2D eigenvalue weighted by molar-refractivity contribution is -0.107. The second kappa shape index (κ2) is 5.08. The van der Waals surface area contributed by atoms with Crippen molar-refractivity contribution < 1.29 is 4.79 Å². The van der Waals surface area contributed by atoms with Gasteiger partial charge < -0.3 is 4.79 Å². The van der Waals surface area contributed by atoms with Crippen LogP contribution in [-0.2, 0) is 4.79 Å². The molecule has 10 heavy (non-hydrogen) atoms. The highest BCUT2D eigenvalue weighted by molar-refractivity contribution is 9.25. The van der Waals surface area contributed by atoms with E-state index in [0.29, 0.717) is 6.42 Å². The van der Waals surface area contributed by atoms with Crippen LogP contribution in [0.25, 0.3) is 0 Å². The van der Waals surface area contributed by atoms with Crippen molar-refractivity contribution in [2.75, 3.05) is 0 Å². The molecule has 1 nitrogen and oxygen atoms in total. The summed E-state index contributed by atoms with van der Waals surface area (Å²) in [7, 11) is 0. The Morgan fingerprint density at radius 1 is 1.40 bits per heavy atom. The van der Waals surface area contributed by atoms with E-state index in [-0.39, 0.29) is 0 Å². The highest BCUT2D eigenvalue weighted by atomic mass is 79.9. The summed E-state index contributed by atoms with van der Waals surface area (Å²) >= 11 is 6.42. The first-order chi connectivity index (χ1) is 4.62. The summed E-state index contributed by atoms with van der Waals surface area (Å²) in [4.78, 5) is 10.3. The average Bonchev–Trinajstić information content (AvgIpc) is 1.89. The van der Waals surface area contributed by atoms with E-state index in [1.807, 2.05) is 12.2 Å². The molecule has 0 saturated carbocycles. The summed E-state index contributed by atoms with van der Waals surface area (Å²) in [6.45, 7) is 2.06. The standard InChI is InChI=1S/C7H10Br2O/c1-2-3-4-5-7(8,9)6-10/h3-4,6H,2,5H2,1H3/b4-3-. The summed E-state index contributed by atoms with van der Waals surface area (Å²) in [6, 6.07) is 0. The minimum Gasteiger partial charge on any atom is -0.301 e. The fourth-order valence-electron chi connectivity index (χ4n) is 0.455. The summed E-state index contributed by atoms with van der Waals surface area (Å²) < 4.78 is -0.550. The van der Waals surface area contributed by atoms with E-state index in [0.717, 1.165) is 12.7 Å². The zero-order chi connectivity index (χ0) is 8.04. The highest BCUT2D eigenvalue weighted by Gasteiger charge is 2.18. The Kier molecular flexibility index (Phi) is 5.27. The van der Waals surface area contributed by atoms with E-state index in [2.05, 4.69) is 38.8 Å². The Labute approximate surface area is 78.1 Å². The van der Waals surface area contributed by atoms with Gasteiger partial charge in [0.05, 0.1) is 0 Å². The van der Waals surface area contributed by atoms with Gasteiger partial charge in [0.1, 0.15) is 9.52 Å². The molecule has 0 atom stereocenters. The van der Waals surface area contributed by atoms with Crippen LogP contribution in [0.15, 0.2) is 12.2 Å². The largest absolute Gasteiger partial charge is 0.301 e. The third kappa shape index (κ3) is 5.18. The molecule has 58 valence electrons. The second-order valence-electron chi connectivity index (χ2n) is 1.96. The quantitative estimate of drug-likeness (QED) is 0.436. The SMILES string of the molecule is CC/C=C\CC(Br)(Br)C=O. The number of carbonyl (C=O) groups is 1. The van der Waals surface area contributed by atoms with Crippen LogP contribution >= 0.6 is 31.9 Å². The zero-order valence-corrected chi connectivity index (χ0v) is 8.98. The summed E-state index contributed by atoms with van der Waals surface area (Å²) in [5.74, 6) is 0. The molecule has 0 fully saturated rings. The van der Waals surface area contributed by atoms with E-state index in [1.54, 1.807) is 0 Å². The van der Waals surface area contributed by atoms with Crippen LogP contribution in [0.4, 0.5) is 0 Å². The number of hydrogen-bond acceptors (Lipinski definition) is 1. The van der Waals surface area contributed by atoms with Gasteiger partial charge in [0, 0.05) is 0 Å². The van der Waals surface area contributed by atoms with Gasteiger partial charge in [0.2, 0.25) is 0 Å². The van der Waals surface area contributed by atoms with Crippen LogP contribution < -0.4 is 0 Å². The molecular weight excluding hydrogens is 260 g/mol. The molecule has 0 aromatic rings. The Hall–Kier alpha value is 0.370. The molecule has 0 spiro atoms. The van der Waals surface area contributed by atoms with Crippen LogP contribution in [0.3, 0.4) is 0 Å². The lowest BCUT2D eigenvalue weighted by Crippen LogP contribution is -2.10. The molecule has 0 aliphatic rings. The van der Waals surface area contributed by atoms with Crippen LogP contribution in [0.5, 0.6) is 0 Å². The van der Waals surface area contributed by atoms with Gasteiger partial charge in [-0.05, 0) is 12.8 Å². The van der Waals surface area contributed by atoms with Gasteiger partial charge in [0.25, 0.3) is 0 Å². The first-order valence-electron chi connectivity index (χ1n) is 3.11. The third-order valence-corrected chi connectivity index (χ3v) is 1.99. The van der Waals surface area contributed by atoms with Crippen LogP contribution in [-0.4, -0.2) is 9.52 Å². The molecule has 0 aliphatic carbocycles. The molecule has 0 unspecified atom stereocenters. The molecule has 0 amide bonds. The van der Waals surface area contributed by atoms with Gasteiger partial charge in [-0.2, -0.15) is 0 Å². The minimum atomic E-state index is -0.550. The van der Waals surface area contributed by atoms with Gasteiger partial charge in [-0.3, -0.25) is 0 Å². The third-order valence-electron chi connectivity index (χ3n) is 0.965. The van der Waals surface area contributed by atoms with Crippen molar-refractivity contribution in [3.8, 4) is 0 Å². The number of rotatable bonds is 4. The van der Waals surface area contributed by atoms with Crippen molar-refractivity contribution in [3.63, 3.8) is 0 Å². The number of halogens is 2. The maximum absolute atomic E-state index is 10.3. The molecule has 0 heterocycles. The van der Waals surface area contributed by atoms with Crippen LogP contribution in [0.2, 0.25) is 0 Å².